The summed E-state index contributed by atoms with van der Waals surface area (Å²) in [6.45, 7) is 0.288. The summed E-state index contributed by atoms with van der Waals surface area (Å²) in [5.74, 6) is -6.43. The predicted molar refractivity (Wildman–Crippen MR) is 127 cm³/mol. The van der Waals surface area contributed by atoms with Gasteiger partial charge in [0.1, 0.15) is 16.5 Å². The summed E-state index contributed by atoms with van der Waals surface area (Å²) in [4.78, 5) is 15.3. The van der Waals surface area contributed by atoms with Gasteiger partial charge in [0.15, 0.2) is 34.1 Å². The maximum absolute atomic E-state index is 14.2. The minimum atomic E-state index is -1.65. The number of nitrogens with zero attached hydrogens (tertiary/aromatic N) is 2. The third-order valence-corrected chi connectivity index (χ3v) is 6.47. The third kappa shape index (κ3) is 4.77. The Morgan fingerprint density at radius 3 is 2.12 bits per heavy atom. The van der Waals surface area contributed by atoms with Crippen LogP contribution < -0.4 is 10.2 Å². The molecule has 1 saturated heterocycles. The molecule has 4 rings (SSSR count). The van der Waals surface area contributed by atoms with E-state index < -0.39 is 39.9 Å². The topological polar surface area (TPSA) is 48.7 Å². The molecule has 2 heterocycles. The molecule has 34 heavy (non-hydrogen) atoms. The molecule has 0 spiro atoms. The Bertz CT molecular complexity index is 1230. The minimum Gasteiger partial charge on any atom is -0.451 e. The number of thiocarbonyl (C=S) groups is 1. The monoisotopic (exact) mass is 575 g/mol. The highest BCUT2D eigenvalue weighted by atomic mass is 79.9. The fourth-order valence-corrected chi connectivity index (χ4v) is 4.18. The molecule has 0 atom stereocenters. The Hall–Kier alpha value is -2.63. The van der Waals surface area contributed by atoms with Gasteiger partial charge >= 0.3 is 0 Å². The normalized spacial score (nSPS) is 13.8. The summed E-state index contributed by atoms with van der Waals surface area (Å²) in [5.41, 5.74) is -0.0412. The number of piperazine rings is 1. The van der Waals surface area contributed by atoms with Crippen LogP contribution >= 0.6 is 39.7 Å². The van der Waals surface area contributed by atoms with Crippen molar-refractivity contribution in [3.63, 3.8) is 0 Å². The van der Waals surface area contributed by atoms with Crippen molar-refractivity contribution in [1.82, 2.24) is 10.2 Å². The lowest BCUT2D eigenvalue weighted by atomic mass is 10.2. The van der Waals surface area contributed by atoms with Crippen molar-refractivity contribution >= 4 is 56.5 Å². The lowest BCUT2D eigenvalue weighted by molar-refractivity contribution is 0.0946. The van der Waals surface area contributed by atoms with Crippen LogP contribution in [0.15, 0.2) is 45.3 Å². The van der Waals surface area contributed by atoms with E-state index in [2.05, 4.69) is 21.2 Å². The lowest BCUT2D eigenvalue weighted by Crippen LogP contribution is -2.53. The summed E-state index contributed by atoms with van der Waals surface area (Å²) in [6, 6.07) is 10.5. The number of rotatable bonds is 3. The van der Waals surface area contributed by atoms with E-state index in [0.29, 0.717) is 5.76 Å². The number of amides is 1. The van der Waals surface area contributed by atoms with Gasteiger partial charge in [-0.15, -0.1) is 0 Å². The quantitative estimate of drug-likeness (QED) is 0.186. The molecule has 2 aromatic carbocycles. The van der Waals surface area contributed by atoms with E-state index in [1.807, 2.05) is 24.3 Å². The Morgan fingerprint density at radius 1 is 0.941 bits per heavy atom. The van der Waals surface area contributed by atoms with Crippen LogP contribution in [-0.2, 0) is 0 Å². The molecule has 178 valence electrons. The molecule has 1 fully saturated rings. The van der Waals surface area contributed by atoms with Crippen molar-refractivity contribution in [2.45, 2.75) is 0 Å². The van der Waals surface area contributed by atoms with Gasteiger partial charge in [0.25, 0.3) is 5.91 Å². The van der Waals surface area contributed by atoms with Gasteiger partial charge in [-0.25, -0.2) is 17.6 Å². The van der Waals surface area contributed by atoms with Crippen molar-refractivity contribution in [3.05, 3.63) is 74.9 Å². The molecule has 0 bridgehead atoms. The van der Waals surface area contributed by atoms with Crippen molar-refractivity contribution in [2.24, 2.45) is 0 Å². The first-order chi connectivity index (χ1) is 16.2. The largest absolute Gasteiger partial charge is 0.451 e. The van der Waals surface area contributed by atoms with E-state index in [1.165, 1.54) is 6.07 Å². The van der Waals surface area contributed by atoms with Crippen LogP contribution in [0, 0.1) is 23.3 Å². The molecule has 0 aliphatic carbocycles. The van der Waals surface area contributed by atoms with Crippen molar-refractivity contribution in [3.8, 4) is 11.3 Å². The number of nitrogens with one attached hydrogen (secondary N) is 1. The van der Waals surface area contributed by atoms with Crippen molar-refractivity contribution in [1.29, 1.82) is 0 Å². The number of carbonyl (C=O) groups excluding carboxylic acids is 1. The number of anilines is 1. The molecule has 5 nitrogen and oxygen atoms in total. The molecule has 3 aromatic rings. The molecular weight excluding hydrogens is 562 g/mol. The Labute approximate surface area is 210 Å². The zero-order valence-corrected chi connectivity index (χ0v) is 20.3. The van der Waals surface area contributed by atoms with Crippen LogP contribution in [0.25, 0.3) is 11.3 Å². The zero-order valence-electron chi connectivity index (χ0n) is 17.2. The number of hydrogen-bond donors (Lipinski definition) is 1. The number of carbonyl (C=O) groups is 1. The minimum absolute atomic E-state index is 0.00116. The predicted octanol–water partition coefficient (Wildman–Crippen LogP) is 5.76. The van der Waals surface area contributed by atoms with Gasteiger partial charge in [0.2, 0.25) is 0 Å². The molecule has 1 amide bonds. The second-order valence-corrected chi connectivity index (χ2v) is 9.00. The van der Waals surface area contributed by atoms with E-state index >= 15 is 0 Å². The summed E-state index contributed by atoms with van der Waals surface area (Å²) in [7, 11) is 0. The number of furan rings is 1. The van der Waals surface area contributed by atoms with Gasteiger partial charge in [0.05, 0.1) is 0 Å². The highest BCUT2D eigenvalue weighted by Crippen LogP contribution is 2.34. The lowest BCUT2D eigenvalue weighted by Gasteiger charge is -2.37. The summed E-state index contributed by atoms with van der Waals surface area (Å²) < 4.78 is 62.6. The van der Waals surface area contributed by atoms with Crippen LogP contribution in [0.5, 0.6) is 0 Å². The summed E-state index contributed by atoms with van der Waals surface area (Å²) >= 11 is 13.9. The smallest absolute Gasteiger partial charge is 0.293 e. The maximum atomic E-state index is 14.2. The van der Waals surface area contributed by atoms with E-state index in [1.54, 1.807) is 11.0 Å². The van der Waals surface area contributed by atoms with Crippen LogP contribution in [0.2, 0.25) is 5.02 Å². The first-order valence-electron chi connectivity index (χ1n) is 9.89. The van der Waals surface area contributed by atoms with Gasteiger partial charge in [-0.1, -0.05) is 39.7 Å². The molecule has 1 aliphatic heterocycles. The van der Waals surface area contributed by atoms with Gasteiger partial charge < -0.3 is 14.2 Å². The standard InChI is InChI=1S/C22H15BrClF4N3O2S/c23-12-3-1-11(2-4-12)13-5-6-14(33-13)21(32)29-22(34)31-9-7-30(8-10-31)20-18(27)16(25)15(24)17(26)19(20)28/h1-6H,7-10H2,(H,29,32,34). The van der Waals surface area contributed by atoms with Crippen molar-refractivity contribution < 1.29 is 26.8 Å². The molecule has 1 aliphatic rings. The highest BCUT2D eigenvalue weighted by Gasteiger charge is 2.30. The van der Waals surface area contributed by atoms with Gasteiger partial charge in [-0.3, -0.25) is 10.1 Å². The molecular formula is C22H15BrClF4N3O2S. The second-order valence-electron chi connectivity index (χ2n) is 7.32. The molecule has 0 radical (unpaired) electrons. The van der Waals surface area contributed by atoms with E-state index in [9.17, 15) is 22.4 Å². The zero-order chi connectivity index (χ0) is 24.6. The van der Waals surface area contributed by atoms with E-state index in [4.69, 9.17) is 28.2 Å². The maximum Gasteiger partial charge on any atom is 0.293 e. The van der Waals surface area contributed by atoms with Crippen LogP contribution in [0.3, 0.4) is 0 Å². The molecule has 1 N–H and O–H groups in total. The van der Waals surface area contributed by atoms with E-state index in [-0.39, 0.29) is 37.1 Å². The first-order valence-corrected chi connectivity index (χ1v) is 11.5. The van der Waals surface area contributed by atoms with E-state index in [0.717, 1.165) is 14.9 Å². The Kier molecular flexibility index (Phi) is 7.15. The Morgan fingerprint density at radius 2 is 1.53 bits per heavy atom. The molecule has 0 saturated carbocycles. The average molecular weight is 577 g/mol. The van der Waals surface area contributed by atoms with Crippen LogP contribution in [-0.4, -0.2) is 42.1 Å². The number of halogens is 6. The molecule has 1 aromatic heterocycles. The van der Waals surface area contributed by atoms with Gasteiger partial charge in [-0.2, -0.15) is 0 Å². The Balaban J connectivity index is 1.38. The first kappa shape index (κ1) is 24.5. The summed E-state index contributed by atoms with van der Waals surface area (Å²) in [6.07, 6.45) is 0. The van der Waals surface area contributed by atoms with Gasteiger partial charge in [0, 0.05) is 36.2 Å². The van der Waals surface area contributed by atoms with Crippen LogP contribution in [0.1, 0.15) is 10.6 Å². The highest BCUT2D eigenvalue weighted by molar-refractivity contribution is 9.10. The van der Waals surface area contributed by atoms with Crippen molar-refractivity contribution in [2.75, 3.05) is 31.1 Å². The fourth-order valence-electron chi connectivity index (χ4n) is 3.47. The fraction of sp³-hybridized carbons (Fsp3) is 0.182. The average Bonchev–Trinajstić information content (AvgIpc) is 3.33. The van der Waals surface area contributed by atoms with Crippen LogP contribution in [0.4, 0.5) is 23.2 Å². The second kappa shape index (κ2) is 9.93. The SMILES string of the molecule is O=C(NC(=S)N1CCN(c2c(F)c(F)c(Cl)c(F)c2F)CC1)c1ccc(-c2ccc(Br)cc2)o1. The summed E-state index contributed by atoms with van der Waals surface area (Å²) in [5, 5.41) is 1.41. The third-order valence-electron chi connectivity index (χ3n) is 5.25. The molecule has 0 unspecified atom stereocenters. The molecule has 12 heteroatoms. The number of benzene rings is 2. The van der Waals surface area contributed by atoms with Gasteiger partial charge in [-0.05, 0) is 36.5 Å². The number of hydrogen-bond acceptors (Lipinski definition) is 4.